The number of carboxylic acids is 1. The molecule has 1 aliphatic rings. The lowest BCUT2D eigenvalue weighted by atomic mass is 9.96. The van der Waals surface area contributed by atoms with E-state index in [0.717, 1.165) is 30.9 Å². The zero-order valence-electron chi connectivity index (χ0n) is 9.89. The van der Waals surface area contributed by atoms with Gasteiger partial charge in [0, 0.05) is 12.7 Å². The predicted molar refractivity (Wildman–Crippen MR) is 63.7 cm³/mol. The number of nitrogens with zero attached hydrogens (tertiary/aromatic N) is 2. The summed E-state index contributed by atoms with van der Waals surface area (Å²) in [7, 11) is 0. The van der Waals surface area contributed by atoms with Crippen molar-refractivity contribution in [1.29, 1.82) is 0 Å². The molecular weight excluding hydrogens is 218 g/mol. The fraction of sp³-hybridized carbons (Fsp3) is 0.583. The maximum Gasteiger partial charge on any atom is 0.306 e. The fourth-order valence-electron chi connectivity index (χ4n) is 2.40. The SMILES string of the molecule is Cc1nccc(NCC2CCCC2C(=O)O)n1. The Bertz CT molecular complexity index is 408. The van der Waals surface area contributed by atoms with Gasteiger partial charge in [0.15, 0.2) is 0 Å². The molecule has 0 aliphatic heterocycles. The minimum atomic E-state index is -0.673. The maximum atomic E-state index is 11.0. The summed E-state index contributed by atoms with van der Waals surface area (Å²) in [5.74, 6) is 0.825. The summed E-state index contributed by atoms with van der Waals surface area (Å²) in [5.41, 5.74) is 0. The third-order valence-corrected chi connectivity index (χ3v) is 3.30. The lowest BCUT2D eigenvalue weighted by molar-refractivity contribution is -0.142. The number of nitrogens with one attached hydrogen (secondary N) is 1. The first-order chi connectivity index (χ1) is 8.16. The normalized spacial score (nSPS) is 23.6. The molecule has 1 heterocycles. The van der Waals surface area contributed by atoms with Crippen LogP contribution in [-0.2, 0) is 4.79 Å². The van der Waals surface area contributed by atoms with Gasteiger partial charge in [-0.2, -0.15) is 0 Å². The Hall–Kier alpha value is -1.65. The maximum absolute atomic E-state index is 11.0. The number of hydrogen-bond donors (Lipinski definition) is 2. The van der Waals surface area contributed by atoms with E-state index < -0.39 is 5.97 Å². The second-order valence-corrected chi connectivity index (χ2v) is 4.51. The molecule has 0 saturated heterocycles. The van der Waals surface area contributed by atoms with Crippen LogP contribution in [0.3, 0.4) is 0 Å². The molecule has 0 spiro atoms. The molecule has 2 atom stereocenters. The highest BCUT2D eigenvalue weighted by molar-refractivity contribution is 5.70. The Morgan fingerprint density at radius 3 is 3.12 bits per heavy atom. The number of rotatable bonds is 4. The Labute approximate surface area is 100 Å². The quantitative estimate of drug-likeness (QED) is 0.830. The van der Waals surface area contributed by atoms with Crippen molar-refractivity contribution in [1.82, 2.24) is 9.97 Å². The van der Waals surface area contributed by atoms with Crippen LogP contribution in [0.5, 0.6) is 0 Å². The summed E-state index contributed by atoms with van der Waals surface area (Å²) in [6, 6.07) is 1.80. The molecule has 2 unspecified atom stereocenters. The van der Waals surface area contributed by atoms with Gasteiger partial charge in [0.2, 0.25) is 0 Å². The predicted octanol–water partition coefficient (Wildman–Crippen LogP) is 1.70. The van der Waals surface area contributed by atoms with Crippen molar-refractivity contribution in [3.05, 3.63) is 18.1 Å². The minimum Gasteiger partial charge on any atom is -0.481 e. The average molecular weight is 235 g/mol. The molecule has 0 radical (unpaired) electrons. The molecule has 2 N–H and O–H groups in total. The Kier molecular flexibility index (Phi) is 3.56. The van der Waals surface area contributed by atoms with E-state index in [9.17, 15) is 4.79 Å². The molecule has 1 aromatic rings. The number of carbonyl (C=O) groups is 1. The molecule has 0 aromatic carbocycles. The topological polar surface area (TPSA) is 75.1 Å². The van der Waals surface area contributed by atoms with Gasteiger partial charge in [-0.05, 0) is 31.7 Å². The van der Waals surface area contributed by atoms with Gasteiger partial charge in [0.1, 0.15) is 11.6 Å². The summed E-state index contributed by atoms with van der Waals surface area (Å²) in [5, 5.41) is 12.3. The molecule has 0 bridgehead atoms. The van der Waals surface area contributed by atoms with Crippen molar-refractivity contribution in [2.24, 2.45) is 11.8 Å². The monoisotopic (exact) mass is 235 g/mol. The average Bonchev–Trinajstić information content (AvgIpc) is 2.74. The summed E-state index contributed by atoms with van der Waals surface area (Å²) in [6.45, 7) is 2.51. The summed E-state index contributed by atoms with van der Waals surface area (Å²) < 4.78 is 0. The molecule has 1 saturated carbocycles. The van der Waals surface area contributed by atoms with E-state index in [-0.39, 0.29) is 11.8 Å². The highest BCUT2D eigenvalue weighted by Crippen LogP contribution is 2.31. The molecule has 1 aromatic heterocycles. The number of aryl methyl sites for hydroxylation is 1. The third-order valence-electron chi connectivity index (χ3n) is 3.30. The lowest BCUT2D eigenvalue weighted by Gasteiger charge is -2.16. The second kappa shape index (κ2) is 5.12. The first-order valence-corrected chi connectivity index (χ1v) is 5.93. The first kappa shape index (κ1) is 11.8. The van der Waals surface area contributed by atoms with Crippen LogP contribution in [0.2, 0.25) is 0 Å². The van der Waals surface area contributed by atoms with Gasteiger partial charge in [0.25, 0.3) is 0 Å². The molecule has 2 rings (SSSR count). The highest BCUT2D eigenvalue weighted by atomic mass is 16.4. The Morgan fingerprint density at radius 2 is 2.41 bits per heavy atom. The van der Waals surface area contributed by atoms with Gasteiger partial charge in [-0.15, -0.1) is 0 Å². The number of aliphatic carboxylic acids is 1. The first-order valence-electron chi connectivity index (χ1n) is 5.93. The Morgan fingerprint density at radius 1 is 1.59 bits per heavy atom. The molecule has 1 fully saturated rings. The molecule has 5 nitrogen and oxygen atoms in total. The molecule has 17 heavy (non-hydrogen) atoms. The van der Waals surface area contributed by atoms with Crippen molar-refractivity contribution < 1.29 is 9.90 Å². The van der Waals surface area contributed by atoms with Crippen molar-refractivity contribution in [2.75, 3.05) is 11.9 Å². The second-order valence-electron chi connectivity index (χ2n) is 4.51. The summed E-state index contributed by atoms with van der Waals surface area (Å²) in [4.78, 5) is 19.3. The zero-order chi connectivity index (χ0) is 12.3. The van der Waals surface area contributed by atoms with Crippen molar-refractivity contribution in [3.8, 4) is 0 Å². The van der Waals surface area contributed by atoms with E-state index in [0.29, 0.717) is 6.54 Å². The van der Waals surface area contributed by atoms with Crippen molar-refractivity contribution in [2.45, 2.75) is 26.2 Å². The third kappa shape index (κ3) is 2.93. The van der Waals surface area contributed by atoms with Gasteiger partial charge in [-0.25, -0.2) is 9.97 Å². The van der Waals surface area contributed by atoms with Crippen LogP contribution in [0, 0.1) is 18.8 Å². The molecule has 5 heteroatoms. The van der Waals surface area contributed by atoms with Crippen LogP contribution >= 0.6 is 0 Å². The molecule has 92 valence electrons. The minimum absolute atomic E-state index is 0.203. The standard InChI is InChI=1S/C12H17N3O2/c1-8-13-6-5-11(15-8)14-7-9-3-2-4-10(9)12(16)17/h5-6,9-10H,2-4,7H2,1H3,(H,16,17)(H,13,14,15). The molecule has 1 aliphatic carbocycles. The lowest BCUT2D eigenvalue weighted by Crippen LogP contribution is -2.24. The number of anilines is 1. The van der Waals surface area contributed by atoms with Crippen LogP contribution in [0.4, 0.5) is 5.82 Å². The summed E-state index contributed by atoms with van der Waals surface area (Å²) >= 11 is 0. The van der Waals surface area contributed by atoms with E-state index in [2.05, 4.69) is 15.3 Å². The van der Waals surface area contributed by atoms with Gasteiger partial charge in [-0.1, -0.05) is 6.42 Å². The van der Waals surface area contributed by atoms with Gasteiger partial charge >= 0.3 is 5.97 Å². The zero-order valence-corrected chi connectivity index (χ0v) is 9.89. The van der Waals surface area contributed by atoms with Crippen LogP contribution in [-0.4, -0.2) is 27.6 Å². The number of carboxylic acid groups (broad SMARTS) is 1. The van der Waals surface area contributed by atoms with Crippen LogP contribution in [0.15, 0.2) is 12.3 Å². The van der Waals surface area contributed by atoms with Gasteiger partial charge in [0.05, 0.1) is 5.92 Å². The highest BCUT2D eigenvalue weighted by Gasteiger charge is 2.32. The van der Waals surface area contributed by atoms with Gasteiger partial charge < -0.3 is 10.4 Å². The van der Waals surface area contributed by atoms with Crippen molar-refractivity contribution >= 4 is 11.8 Å². The Balaban J connectivity index is 1.91. The molecule has 0 amide bonds. The van der Waals surface area contributed by atoms with E-state index in [1.54, 1.807) is 12.3 Å². The summed E-state index contributed by atoms with van der Waals surface area (Å²) in [6.07, 6.45) is 4.48. The van der Waals surface area contributed by atoms with E-state index in [1.165, 1.54) is 0 Å². The number of aromatic nitrogens is 2. The van der Waals surface area contributed by atoms with Gasteiger partial charge in [-0.3, -0.25) is 4.79 Å². The van der Waals surface area contributed by atoms with Crippen LogP contribution < -0.4 is 5.32 Å². The van der Waals surface area contributed by atoms with Crippen molar-refractivity contribution in [3.63, 3.8) is 0 Å². The van der Waals surface area contributed by atoms with E-state index in [1.807, 2.05) is 6.92 Å². The van der Waals surface area contributed by atoms with Crippen LogP contribution in [0.25, 0.3) is 0 Å². The van der Waals surface area contributed by atoms with E-state index >= 15 is 0 Å². The smallest absolute Gasteiger partial charge is 0.306 e. The van der Waals surface area contributed by atoms with E-state index in [4.69, 9.17) is 5.11 Å². The largest absolute Gasteiger partial charge is 0.481 e. The fourth-order valence-corrected chi connectivity index (χ4v) is 2.40. The van der Waals surface area contributed by atoms with Crippen LogP contribution in [0.1, 0.15) is 25.1 Å². The molecular formula is C12H17N3O2. The number of hydrogen-bond acceptors (Lipinski definition) is 4.